The van der Waals surface area contributed by atoms with Crippen molar-refractivity contribution in [3.63, 3.8) is 0 Å². The van der Waals surface area contributed by atoms with Gasteiger partial charge in [0.25, 0.3) is 0 Å². The minimum atomic E-state index is -0.631. The first-order valence-corrected chi connectivity index (χ1v) is 14.9. The van der Waals surface area contributed by atoms with Crippen molar-refractivity contribution in [3.05, 3.63) is 89.5 Å². The highest BCUT2D eigenvalue weighted by Gasteiger charge is 2.40. The van der Waals surface area contributed by atoms with Crippen molar-refractivity contribution < 1.29 is 14.3 Å². The number of aromatic amines is 1. The quantitative estimate of drug-likeness (QED) is 0.253. The number of ether oxygens (including phenoxy) is 1. The molecule has 2 saturated heterocycles. The number of hydrogen-bond donors (Lipinski definition) is 3. The van der Waals surface area contributed by atoms with Gasteiger partial charge in [-0.2, -0.15) is 5.10 Å². The Morgan fingerprint density at radius 3 is 2.53 bits per heavy atom. The molecule has 2 aliphatic heterocycles. The number of amides is 2. The summed E-state index contributed by atoms with van der Waals surface area (Å²) in [4.78, 5) is 29.5. The fraction of sp³-hybridized carbons (Fsp3) is 0.303. The van der Waals surface area contributed by atoms with E-state index in [0.29, 0.717) is 48.0 Å². The number of urea groups is 1. The first-order valence-electron chi connectivity index (χ1n) is 14.9. The zero-order chi connectivity index (χ0) is 29.3. The molecule has 10 nitrogen and oxygen atoms in total. The van der Waals surface area contributed by atoms with Gasteiger partial charge in [0.15, 0.2) is 5.78 Å². The number of benzene rings is 3. The molecule has 1 atom stereocenters. The smallest absolute Gasteiger partial charge is 0.334 e. The second-order valence-electron chi connectivity index (χ2n) is 11.2. The Balaban J connectivity index is 1.15. The van der Waals surface area contributed by atoms with E-state index >= 15 is 0 Å². The maximum Gasteiger partial charge on any atom is 0.334 e. The molecule has 220 valence electrons. The fourth-order valence-corrected chi connectivity index (χ4v) is 6.53. The van der Waals surface area contributed by atoms with Crippen LogP contribution in [0, 0.1) is 0 Å². The van der Waals surface area contributed by atoms with Crippen LogP contribution in [0.15, 0.2) is 72.8 Å². The Morgan fingerprint density at radius 2 is 1.77 bits per heavy atom. The molecule has 2 amide bonds. The molecule has 0 radical (unpaired) electrons. The Morgan fingerprint density at radius 1 is 0.977 bits per heavy atom. The van der Waals surface area contributed by atoms with Crippen LogP contribution >= 0.6 is 0 Å². The number of nitrogens with one attached hydrogen (secondary N) is 2. The molecular formula is C33H35N7O3. The van der Waals surface area contributed by atoms with E-state index in [0.717, 1.165) is 61.4 Å². The summed E-state index contributed by atoms with van der Waals surface area (Å²) < 4.78 is 6.06. The van der Waals surface area contributed by atoms with Crippen LogP contribution in [-0.4, -0.2) is 72.4 Å². The number of hydrogen-bond acceptors (Lipinski definition) is 7. The predicted molar refractivity (Wildman–Crippen MR) is 166 cm³/mol. The molecule has 1 aromatic heterocycles. The van der Waals surface area contributed by atoms with E-state index < -0.39 is 6.03 Å². The molecule has 0 bridgehead atoms. The topological polar surface area (TPSA) is 120 Å². The molecular weight excluding hydrogens is 542 g/mol. The summed E-state index contributed by atoms with van der Waals surface area (Å²) in [6.45, 7) is 5.41. The van der Waals surface area contributed by atoms with Crippen LogP contribution in [0.3, 0.4) is 0 Å². The number of aromatic nitrogens is 2. The van der Waals surface area contributed by atoms with E-state index in [4.69, 9.17) is 10.5 Å². The third-order valence-corrected chi connectivity index (χ3v) is 8.62. The van der Waals surface area contributed by atoms with Crippen molar-refractivity contribution in [3.8, 4) is 22.5 Å². The number of nitrogens with two attached hydrogens (primary N) is 1. The second-order valence-corrected chi connectivity index (χ2v) is 11.2. The Kier molecular flexibility index (Phi) is 7.40. The zero-order valence-electron chi connectivity index (χ0n) is 24.0. The monoisotopic (exact) mass is 577 g/mol. The van der Waals surface area contributed by atoms with Gasteiger partial charge in [-0.25, -0.2) is 14.8 Å². The van der Waals surface area contributed by atoms with Crippen LogP contribution < -0.4 is 21.0 Å². The number of anilines is 2. The van der Waals surface area contributed by atoms with Gasteiger partial charge in [0.2, 0.25) is 0 Å². The standard InChI is InChI=1S/C33H35N7O3/c34-33(42)40(39-17-5-8-25(39)21-43-20-22-6-2-1-3-7-22)27-10-4-9-26-28(27)32(41)29-30(36-37-31(26)29)23-11-13-24(14-12-23)38-18-15-35-16-19-38/h1-4,6-7,9-14,25,35H,5,8,15-21H2,(H2,34,42)(H,36,37). The van der Waals surface area contributed by atoms with Crippen LogP contribution in [0.25, 0.3) is 22.5 Å². The van der Waals surface area contributed by atoms with Gasteiger partial charge < -0.3 is 20.7 Å². The lowest BCUT2D eigenvalue weighted by Gasteiger charge is -2.35. The Bertz CT molecular complexity index is 1630. The normalized spacial score (nSPS) is 18.1. The maximum absolute atomic E-state index is 14.1. The number of ketones is 1. The van der Waals surface area contributed by atoms with E-state index in [2.05, 4.69) is 32.5 Å². The van der Waals surface area contributed by atoms with Crippen LogP contribution in [0.5, 0.6) is 0 Å². The van der Waals surface area contributed by atoms with E-state index in [-0.39, 0.29) is 11.8 Å². The summed E-state index contributed by atoms with van der Waals surface area (Å²) in [5.41, 5.74) is 12.6. The fourth-order valence-electron chi connectivity index (χ4n) is 6.53. The number of fused-ring (bicyclic) bond motifs is 3. The number of carbonyl (C=O) groups excluding carboxylic acids is 2. The van der Waals surface area contributed by atoms with Crippen molar-refractivity contribution in [1.29, 1.82) is 0 Å². The number of carbonyl (C=O) groups is 2. The number of hydrazine groups is 1. The molecule has 3 aromatic carbocycles. The number of piperazine rings is 1. The first kappa shape index (κ1) is 27.3. The zero-order valence-corrected chi connectivity index (χ0v) is 24.0. The molecule has 0 spiro atoms. The largest absolute Gasteiger partial charge is 0.375 e. The first-order chi connectivity index (χ1) is 21.1. The summed E-state index contributed by atoms with van der Waals surface area (Å²) in [6, 6.07) is 23.1. The van der Waals surface area contributed by atoms with E-state index in [1.54, 1.807) is 6.07 Å². The molecule has 1 unspecified atom stereocenters. The van der Waals surface area contributed by atoms with Crippen LogP contribution in [0.1, 0.15) is 34.3 Å². The highest BCUT2D eigenvalue weighted by Crippen LogP contribution is 2.44. The lowest BCUT2D eigenvalue weighted by molar-refractivity contribution is 0.0654. The predicted octanol–water partition coefficient (Wildman–Crippen LogP) is 4.18. The molecule has 0 saturated carbocycles. The average molecular weight is 578 g/mol. The molecule has 3 heterocycles. The molecule has 43 heavy (non-hydrogen) atoms. The third kappa shape index (κ3) is 5.07. The van der Waals surface area contributed by atoms with Gasteiger partial charge in [0, 0.05) is 49.5 Å². The van der Waals surface area contributed by atoms with Gasteiger partial charge in [0.1, 0.15) is 5.69 Å². The van der Waals surface area contributed by atoms with Crippen LogP contribution in [0.2, 0.25) is 0 Å². The number of rotatable bonds is 8. The van der Waals surface area contributed by atoms with E-state index in [1.165, 1.54) is 5.01 Å². The number of nitrogens with zero attached hydrogens (tertiary/aromatic N) is 4. The van der Waals surface area contributed by atoms with Gasteiger partial charge in [-0.15, -0.1) is 0 Å². The maximum atomic E-state index is 14.1. The molecule has 3 aliphatic rings. The molecule has 4 aromatic rings. The summed E-state index contributed by atoms with van der Waals surface area (Å²) in [5, 5.41) is 14.5. The summed E-state index contributed by atoms with van der Waals surface area (Å²) in [6.07, 6.45) is 1.75. The highest BCUT2D eigenvalue weighted by molar-refractivity contribution is 6.27. The molecule has 7 rings (SSSR count). The van der Waals surface area contributed by atoms with Gasteiger partial charge in [-0.05, 0) is 36.6 Å². The Hall–Kier alpha value is -4.51. The van der Waals surface area contributed by atoms with Crippen molar-refractivity contribution >= 4 is 23.2 Å². The van der Waals surface area contributed by atoms with Gasteiger partial charge in [-0.1, -0.05) is 54.6 Å². The minimum Gasteiger partial charge on any atom is -0.375 e. The molecule has 1 aliphatic carbocycles. The summed E-state index contributed by atoms with van der Waals surface area (Å²) >= 11 is 0. The number of primary amides is 1. The summed E-state index contributed by atoms with van der Waals surface area (Å²) in [7, 11) is 0. The summed E-state index contributed by atoms with van der Waals surface area (Å²) in [5.74, 6) is -0.169. The van der Waals surface area contributed by atoms with Crippen LogP contribution in [0.4, 0.5) is 16.2 Å². The van der Waals surface area contributed by atoms with E-state index in [9.17, 15) is 9.59 Å². The average Bonchev–Trinajstić information content (AvgIpc) is 3.75. The van der Waals surface area contributed by atoms with Crippen molar-refractivity contribution in [2.75, 3.05) is 49.2 Å². The second kappa shape index (κ2) is 11.6. The molecule has 2 fully saturated rings. The minimum absolute atomic E-state index is 0.0483. The van der Waals surface area contributed by atoms with Gasteiger partial charge in [0.05, 0.1) is 41.8 Å². The highest BCUT2D eigenvalue weighted by atomic mass is 16.5. The SMILES string of the molecule is NC(=O)N(c1cccc2c1C(=O)c1c(-c3ccc(N4CCNCC4)cc3)n[nH]c1-2)N1CCCC1COCc1ccccc1. The van der Waals surface area contributed by atoms with Crippen molar-refractivity contribution in [2.24, 2.45) is 5.73 Å². The Labute approximate surface area is 250 Å². The molecule has 10 heteroatoms. The van der Waals surface area contributed by atoms with Crippen molar-refractivity contribution in [2.45, 2.75) is 25.5 Å². The lowest BCUT2D eigenvalue weighted by atomic mass is 10.0. The van der Waals surface area contributed by atoms with Crippen LogP contribution in [-0.2, 0) is 11.3 Å². The van der Waals surface area contributed by atoms with Crippen molar-refractivity contribution in [1.82, 2.24) is 20.5 Å². The lowest BCUT2D eigenvalue weighted by Crippen LogP contribution is -2.53. The number of H-pyrrole nitrogens is 1. The van der Waals surface area contributed by atoms with E-state index in [1.807, 2.05) is 59.6 Å². The van der Waals surface area contributed by atoms with Gasteiger partial charge >= 0.3 is 6.03 Å². The van der Waals surface area contributed by atoms with Gasteiger partial charge in [-0.3, -0.25) is 9.89 Å². The third-order valence-electron chi connectivity index (χ3n) is 8.62. The molecule has 4 N–H and O–H groups in total.